The highest BCUT2D eigenvalue weighted by Crippen LogP contribution is 2.50. The van der Waals surface area contributed by atoms with Crippen LogP contribution in [0.2, 0.25) is 0 Å². The average Bonchev–Trinajstić information content (AvgIpc) is 2.07. The van der Waals surface area contributed by atoms with E-state index in [1.54, 1.807) is 19.0 Å². The zero-order valence-electron chi connectivity index (χ0n) is 47.9. The molecule has 0 aromatic rings. The fourth-order valence-corrected chi connectivity index (χ4v) is 11.0. The molecule has 8 atom stereocenters. The molecule has 41 heteroatoms. The molecule has 0 saturated carbocycles. The molecule has 0 aromatic carbocycles. The standard InChI is InChI=1S/C23H37F14N2O3S.C23H36F14N2O2S.H2O2/c1-15(12-19(25,26)14-20(27,28)13-18(2,24)23(35,36)37)10-17(22(32,33)34)11-16(21(29,30)31)6-9-43(41,42)38-7-5-8-39(3,4)40;1-15(12-19(25,26)14-20(27,28)13-18(2,24)23(35,36)37)10-17(22(32,33)34)11-16(21(29,30)31)6-9-42(40,41)38-7-5-8-39(3)4;1-2/h15-17,38,40H,5-14H2,1-4H3;15-17,38H,5-14H2,1-4H3;1-2H/q+1;;. The number of nitrogens with one attached hydrogen (secondary N) is 2. The number of hydrogen-bond donors (Lipinski definition) is 5. The Morgan fingerprint density at radius 2 is 0.713 bits per heavy atom. The van der Waals surface area contributed by atoms with Crippen molar-refractivity contribution in [3.8, 4) is 0 Å². The van der Waals surface area contributed by atoms with E-state index >= 15 is 0 Å². The molecule has 0 bridgehead atoms. The van der Waals surface area contributed by atoms with Crippen LogP contribution in [0.15, 0.2) is 0 Å². The lowest BCUT2D eigenvalue weighted by Crippen LogP contribution is -2.44. The first-order chi connectivity index (χ1) is 38.1. The summed E-state index contributed by atoms with van der Waals surface area (Å²) >= 11 is 0. The summed E-state index contributed by atoms with van der Waals surface area (Å²) in [5.41, 5.74) is -9.12. The van der Waals surface area contributed by atoms with E-state index in [0.29, 0.717) is 20.4 Å². The molecule has 0 amide bonds. The highest BCUT2D eigenvalue weighted by molar-refractivity contribution is 7.89. The van der Waals surface area contributed by atoms with Crippen molar-refractivity contribution in [2.45, 2.75) is 190 Å². The van der Waals surface area contributed by atoms with Gasteiger partial charge in [-0.15, -0.1) is 0 Å². The van der Waals surface area contributed by atoms with Crippen molar-refractivity contribution in [1.82, 2.24) is 14.3 Å². The van der Waals surface area contributed by atoms with Crippen LogP contribution in [0.4, 0.5) is 123 Å². The Balaban J connectivity index is -0.00000158. The predicted molar refractivity (Wildman–Crippen MR) is 258 cm³/mol. The SMILES string of the molecule is CC(CC(CC(CCS(=O)(=O)NCCCN(C)C)C(F)(F)F)C(F)(F)F)CC(F)(F)CC(F)(F)CC(C)(F)C(F)(F)F.CC(CC(CC(CCS(=O)(=O)NCCC[N+](C)(C)O)C(F)(F)F)C(F)(F)F)CC(F)(F)CC(F)(F)CC(C)(F)C(F)(F)F.OO. The number of rotatable bonds is 36. The number of alkyl halides is 28. The van der Waals surface area contributed by atoms with Crippen LogP contribution in [0, 0.1) is 35.5 Å². The van der Waals surface area contributed by atoms with Crippen molar-refractivity contribution < 1.29 is 160 Å². The molecule has 87 heavy (non-hydrogen) atoms. The smallest absolute Gasteiger partial charge is 0.309 e. The van der Waals surface area contributed by atoms with E-state index in [0.717, 1.165) is 0 Å². The highest BCUT2D eigenvalue weighted by atomic mass is 32.2. The third-order valence-corrected chi connectivity index (χ3v) is 15.7. The average molecular weight is 1390 g/mol. The molecule has 0 spiro atoms. The molecular weight excluding hydrogens is 1320 g/mol. The quantitative estimate of drug-likeness (QED) is 0.0136. The molecule has 0 rings (SSSR count). The molecule has 0 heterocycles. The molecule has 0 aliphatic carbocycles. The molecule has 0 aliphatic rings. The van der Waals surface area contributed by atoms with E-state index in [1.165, 1.54) is 14.1 Å². The van der Waals surface area contributed by atoms with Gasteiger partial charge in [0.25, 0.3) is 23.7 Å². The van der Waals surface area contributed by atoms with Gasteiger partial charge in [-0.1, -0.05) is 13.8 Å². The fourth-order valence-electron chi connectivity index (χ4n) is 8.66. The normalized spacial score (nSPS) is 17.9. The van der Waals surface area contributed by atoms with Crippen molar-refractivity contribution in [1.29, 1.82) is 0 Å². The maximum Gasteiger partial charge on any atom is 0.422 e. The minimum absolute atomic E-state index is 0.0542. The lowest BCUT2D eigenvalue weighted by molar-refractivity contribution is -1.07. The van der Waals surface area contributed by atoms with Gasteiger partial charge in [-0.3, -0.25) is 10.5 Å². The minimum Gasteiger partial charge on any atom is -0.309 e. The summed E-state index contributed by atoms with van der Waals surface area (Å²) in [6, 6.07) is 0. The van der Waals surface area contributed by atoms with Crippen LogP contribution in [0.3, 0.4) is 0 Å². The molecule has 5 N–H and O–H groups in total. The lowest BCUT2D eigenvalue weighted by Gasteiger charge is -2.32. The van der Waals surface area contributed by atoms with Gasteiger partial charge in [0, 0.05) is 32.4 Å². The monoisotopic (exact) mass is 1390 g/mol. The van der Waals surface area contributed by atoms with E-state index in [9.17, 15) is 145 Å². The second kappa shape index (κ2) is 33.5. The highest BCUT2D eigenvalue weighted by Gasteiger charge is 2.61. The van der Waals surface area contributed by atoms with Crippen molar-refractivity contribution in [3.63, 3.8) is 0 Å². The predicted octanol–water partition coefficient (Wildman–Crippen LogP) is 15.4. The summed E-state index contributed by atoms with van der Waals surface area (Å²) in [4.78, 5) is 1.70. The van der Waals surface area contributed by atoms with Gasteiger partial charge < -0.3 is 4.90 Å². The minimum atomic E-state index is -5.83. The summed E-state index contributed by atoms with van der Waals surface area (Å²) in [5, 5.41) is 21.5. The Labute approximate surface area is 484 Å². The van der Waals surface area contributed by atoms with Crippen molar-refractivity contribution in [2.75, 3.05) is 65.9 Å². The van der Waals surface area contributed by atoms with Gasteiger partial charge in [-0.2, -0.15) is 83.7 Å². The van der Waals surface area contributed by atoms with Crippen LogP contribution in [0.1, 0.15) is 118 Å². The molecular formula is C46H75F28N4O7S2+. The first-order valence-corrected chi connectivity index (χ1v) is 29.0. The number of sulfonamides is 2. The van der Waals surface area contributed by atoms with Gasteiger partial charge in [0.1, 0.15) is 6.54 Å². The summed E-state index contributed by atoms with van der Waals surface area (Å²) in [7, 11) is -2.64. The first kappa shape index (κ1) is 88.9. The summed E-state index contributed by atoms with van der Waals surface area (Å²) in [6.45, 7) is 0.835. The van der Waals surface area contributed by atoms with E-state index < -0.39 is 221 Å². The summed E-state index contributed by atoms with van der Waals surface area (Å²) < 4.78 is 430. The van der Waals surface area contributed by atoms with Gasteiger partial charge in [-0.25, -0.2) is 75.4 Å². The number of quaternary nitrogens is 1. The van der Waals surface area contributed by atoms with E-state index in [2.05, 4.69) is 0 Å². The molecule has 0 aliphatic heterocycles. The fraction of sp³-hybridized carbons (Fsp3) is 1.00. The van der Waals surface area contributed by atoms with Crippen molar-refractivity contribution in [2.24, 2.45) is 35.5 Å². The first-order valence-electron chi connectivity index (χ1n) is 25.7. The topological polar surface area (TPSA) is 156 Å². The Bertz CT molecular complexity index is 2180. The van der Waals surface area contributed by atoms with Crippen LogP contribution in [0.25, 0.3) is 0 Å². The Morgan fingerprint density at radius 1 is 0.437 bits per heavy atom. The largest absolute Gasteiger partial charge is 0.422 e. The number of hydroxylamine groups is 3. The van der Waals surface area contributed by atoms with Gasteiger partial charge in [0.15, 0.2) is 0 Å². The summed E-state index contributed by atoms with van der Waals surface area (Å²) in [5.74, 6) is -36.8. The van der Waals surface area contributed by atoms with Crippen molar-refractivity contribution in [3.05, 3.63) is 0 Å². The van der Waals surface area contributed by atoms with Crippen molar-refractivity contribution >= 4 is 20.0 Å². The molecule has 528 valence electrons. The zero-order chi connectivity index (χ0) is 70.1. The van der Waals surface area contributed by atoms with Crippen LogP contribution >= 0.6 is 0 Å². The number of hydrogen-bond acceptors (Lipinski definition) is 8. The van der Waals surface area contributed by atoms with Gasteiger partial charge in [0.05, 0.1) is 75.0 Å². The number of halogens is 28. The Morgan fingerprint density at radius 3 is 0.954 bits per heavy atom. The third-order valence-electron chi connectivity index (χ3n) is 12.8. The molecule has 11 nitrogen and oxygen atoms in total. The maximum atomic E-state index is 14.3. The second-order valence-electron chi connectivity index (χ2n) is 22.9. The Kier molecular flexibility index (Phi) is 34.2. The van der Waals surface area contributed by atoms with Gasteiger partial charge in [0.2, 0.25) is 31.4 Å². The van der Waals surface area contributed by atoms with Crippen LogP contribution in [0.5, 0.6) is 0 Å². The van der Waals surface area contributed by atoms with E-state index in [-0.39, 0.29) is 46.3 Å². The van der Waals surface area contributed by atoms with Crippen LogP contribution in [-0.2, 0) is 20.0 Å². The maximum absolute atomic E-state index is 14.3. The molecule has 0 saturated heterocycles. The molecule has 0 fully saturated rings. The summed E-state index contributed by atoms with van der Waals surface area (Å²) in [6.07, 6.45) is -55.9. The Hall–Kier alpha value is -2.34. The van der Waals surface area contributed by atoms with Gasteiger partial charge >= 0.3 is 37.1 Å². The van der Waals surface area contributed by atoms with E-state index in [4.69, 9.17) is 10.5 Å². The number of nitrogens with zero attached hydrogens (tertiary/aromatic N) is 2. The molecule has 8 unspecified atom stereocenters. The van der Waals surface area contributed by atoms with Gasteiger partial charge in [-0.05, 0) is 91.3 Å². The van der Waals surface area contributed by atoms with Crippen LogP contribution < -0.4 is 9.44 Å². The van der Waals surface area contributed by atoms with Crippen LogP contribution in [-0.4, -0.2) is 180 Å². The zero-order valence-corrected chi connectivity index (χ0v) is 49.5. The third kappa shape index (κ3) is 39.6. The van der Waals surface area contributed by atoms with E-state index in [1.807, 2.05) is 9.44 Å². The second-order valence-corrected chi connectivity index (χ2v) is 26.7. The lowest BCUT2D eigenvalue weighted by atomic mass is 9.83. The molecule has 0 radical (unpaired) electrons. The molecule has 0 aromatic heterocycles.